The second-order valence-corrected chi connectivity index (χ2v) is 18.0. The summed E-state index contributed by atoms with van der Waals surface area (Å²) >= 11 is 0. The summed E-state index contributed by atoms with van der Waals surface area (Å²) < 4.78 is 26.2. The molecule has 0 aromatic carbocycles. The van der Waals surface area contributed by atoms with Crippen molar-refractivity contribution in [3.63, 3.8) is 0 Å². The second kappa shape index (κ2) is 13.0. The van der Waals surface area contributed by atoms with Gasteiger partial charge in [-0.15, -0.1) is 0 Å². The third-order valence-electron chi connectivity index (χ3n) is 15.5. The molecule has 2 amide bonds. The van der Waals surface area contributed by atoms with Crippen LogP contribution in [-0.4, -0.2) is 101 Å². The molecule has 10 nitrogen and oxygen atoms in total. The van der Waals surface area contributed by atoms with Gasteiger partial charge in [-0.05, 0) is 111 Å². The molecule has 0 radical (unpaired) electrons. The molecule has 3 saturated carbocycles. The van der Waals surface area contributed by atoms with E-state index in [9.17, 15) is 20.1 Å². The highest BCUT2D eigenvalue weighted by atomic mass is 16.7. The number of ether oxygens (including phenoxy) is 4. The van der Waals surface area contributed by atoms with Gasteiger partial charge in [0.25, 0.3) is 0 Å². The zero-order valence-electron chi connectivity index (χ0n) is 30.2. The van der Waals surface area contributed by atoms with Crippen molar-refractivity contribution in [2.45, 2.75) is 153 Å². The fourth-order valence-corrected chi connectivity index (χ4v) is 12.6. The number of nitrogens with one attached hydrogen (secondary N) is 1. The van der Waals surface area contributed by atoms with Gasteiger partial charge in [0.2, 0.25) is 0 Å². The van der Waals surface area contributed by atoms with Crippen molar-refractivity contribution < 1.29 is 39.1 Å². The number of likely N-dealkylation sites (tertiary alicyclic amines) is 1. The summed E-state index contributed by atoms with van der Waals surface area (Å²) in [4.78, 5) is 14.9. The van der Waals surface area contributed by atoms with Crippen LogP contribution in [-0.2, 0) is 18.9 Å². The van der Waals surface area contributed by atoms with Crippen LogP contribution in [0.2, 0.25) is 0 Å². The number of nitrogens with zero attached hydrogens (tertiary/aromatic N) is 1. The number of aliphatic hydroxyl groups is 3. The maximum absolute atomic E-state index is 13.2. The lowest BCUT2D eigenvalue weighted by molar-refractivity contribution is -0.283. The molecule has 0 aromatic heterocycles. The minimum atomic E-state index is -1.32. The zero-order chi connectivity index (χ0) is 34.3. The number of carbonyl (C=O) groups is 1. The lowest BCUT2D eigenvalue weighted by Crippen LogP contribution is -2.66. The maximum Gasteiger partial charge on any atom is 0.317 e. The number of carbonyl (C=O) groups excluding carboxylic acids is 1. The van der Waals surface area contributed by atoms with Crippen LogP contribution in [0.15, 0.2) is 11.6 Å². The van der Waals surface area contributed by atoms with Gasteiger partial charge in [0.1, 0.15) is 24.4 Å². The standard InChI is InChI=1S/C39H62N2O8/c1-22-10-15-39(46-21-22)23(2)31-29(49-39)19-28-26-9-8-24-18-25(11-13-37(24,3)27(26)12-14-38(28,31)4)47-35-32(34(44)33(43)30(20-42)48-35)40-36(45)41-16-6-5-7-17-41/h8,22-23,25-35,42-44H,5-7,9-21H2,1-4H3,(H,40,45)/t22-,23+,25+,26-,27+,28+,29+,30-,31+,32-,33-,34-,35-,37+,38+,39-/m1/s1. The molecule has 4 heterocycles. The molecular weight excluding hydrogens is 624 g/mol. The minimum absolute atomic E-state index is 0.122. The summed E-state index contributed by atoms with van der Waals surface area (Å²) in [5.74, 6) is 3.19. The van der Waals surface area contributed by atoms with Crippen LogP contribution < -0.4 is 5.32 Å². The van der Waals surface area contributed by atoms with Crippen LogP contribution >= 0.6 is 0 Å². The number of piperidine rings is 1. The predicted molar refractivity (Wildman–Crippen MR) is 182 cm³/mol. The van der Waals surface area contributed by atoms with E-state index < -0.39 is 37.3 Å². The van der Waals surface area contributed by atoms with E-state index >= 15 is 0 Å². The van der Waals surface area contributed by atoms with Gasteiger partial charge in [-0.1, -0.05) is 39.3 Å². The highest BCUT2D eigenvalue weighted by Gasteiger charge is 2.68. The van der Waals surface area contributed by atoms with Crippen LogP contribution in [0, 0.1) is 46.3 Å². The highest BCUT2D eigenvalue weighted by Crippen LogP contribution is 2.70. The third kappa shape index (κ3) is 5.64. The van der Waals surface area contributed by atoms with E-state index in [1.54, 1.807) is 4.90 Å². The van der Waals surface area contributed by atoms with E-state index in [4.69, 9.17) is 18.9 Å². The van der Waals surface area contributed by atoms with Gasteiger partial charge in [-0.25, -0.2) is 4.79 Å². The predicted octanol–water partition coefficient (Wildman–Crippen LogP) is 4.74. The monoisotopic (exact) mass is 686 g/mol. The molecule has 4 saturated heterocycles. The summed E-state index contributed by atoms with van der Waals surface area (Å²) in [6, 6.07) is -1.21. The average Bonchev–Trinajstić information content (AvgIpc) is 3.55. The maximum atomic E-state index is 13.2. The zero-order valence-corrected chi connectivity index (χ0v) is 30.2. The fourth-order valence-electron chi connectivity index (χ4n) is 12.6. The van der Waals surface area contributed by atoms with E-state index in [1.165, 1.54) is 24.8 Å². The molecule has 0 unspecified atom stereocenters. The first-order valence-corrected chi connectivity index (χ1v) is 19.8. The van der Waals surface area contributed by atoms with Crippen LogP contribution in [0.25, 0.3) is 0 Å². The van der Waals surface area contributed by atoms with Crippen molar-refractivity contribution in [1.29, 1.82) is 0 Å². The number of fused-ring (bicyclic) bond motifs is 7. The number of allylic oxidation sites excluding steroid dienone is 1. The van der Waals surface area contributed by atoms with Gasteiger partial charge in [-0.2, -0.15) is 0 Å². The summed E-state index contributed by atoms with van der Waals surface area (Å²) in [5.41, 5.74) is 1.88. The van der Waals surface area contributed by atoms with E-state index in [0.29, 0.717) is 54.7 Å². The van der Waals surface area contributed by atoms with Gasteiger partial charge in [0.15, 0.2) is 12.1 Å². The van der Waals surface area contributed by atoms with Gasteiger partial charge >= 0.3 is 6.03 Å². The van der Waals surface area contributed by atoms with Crippen LogP contribution in [0.5, 0.6) is 0 Å². The Bertz CT molecular complexity index is 1270. The van der Waals surface area contributed by atoms with Crippen LogP contribution in [0.1, 0.15) is 105 Å². The first kappa shape index (κ1) is 34.8. The molecule has 49 heavy (non-hydrogen) atoms. The second-order valence-electron chi connectivity index (χ2n) is 18.0. The number of rotatable bonds is 4. The summed E-state index contributed by atoms with van der Waals surface area (Å²) in [6.45, 7) is 11.5. The summed E-state index contributed by atoms with van der Waals surface area (Å²) in [7, 11) is 0. The molecule has 4 aliphatic carbocycles. The van der Waals surface area contributed by atoms with Gasteiger partial charge in [-0.3, -0.25) is 0 Å². The quantitative estimate of drug-likeness (QED) is 0.312. The van der Waals surface area contributed by atoms with Crippen LogP contribution in [0.3, 0.4) is 0 Å². The lowest BCUT2D eigenvalue weighted by atomic mass is 9.47. The largest absolute Gasteiger partial charge is 0.394 e. The SMILES string of the molecule is C[C@@H]1CC[C@@]2(OC1)O[C@H]1C[C@H]3[C@@H]4CC=C5C[C@@H](O[C@@H]6O[C@H](CO)[C@@H](O)[C@H](O)[C@H]6NC(=O)N6CCCCC6)CC[C@]5(C)[C@H]4CC[C@]3(C)[C@H]1[C@@H]2C. The average molecular weight is 687 g/mol. The molecular formula is C39H62N2O8. The Morgan fingerprint density at radius 2 is 1.84 bits per heavy atom. The Balaban J connectivity index is 0.957. The normalized spacial score (nSPS) is 52.5. The summed E-state index contributed by atoms with van der Waals surface area (Å²) in [6.07, 6.45) is 10.7. The molecule has 4 N–H and O–H groups in total. The highest BCUT2D eigenvalue weighted by molar-refractivity contribution is 5.74. The molecule has 1 spiro atoms. The van der Waals surface area contributed by atoms with Crippen molar-refractivity contribution in [1.82, 2.24) is 10.2 Å². The first-order chi connectivity index (χ1) is 23.5. The smallest absolute Gasteiger partial charge is 0.317 e. The Hall–Kier alpha value is -1.27. The fraction of sp³-hybridized carbons (Fsp3) is 0.923. The minimum Gasteiger partial charge on any atom is -0.394 e. The van der Waals surface area contributed by atoms with Gasteiger partial charge in [0.05, 0.1) is 25.4 Å². The van der Waals surface area contributed by atoms with E-state index in [-0.39, 0.29) is 28.8 Å². The molecule has 8 rings (SSSR count). The van der Waals surface area contributed by atoms with E-state index in [1.807, 2.05) is 0 Å². The molecule has 4 aliphatic heterocycles. The number of hydrogen-bond donors (Lipinski definition) is 4. The molecule has 10 heteroatoms. The molecule has 0 aromatic rings. The molecule has 7 fully saturated rings. The van der Waals surface area contributed by atoms with Crippen molar-refractivity contribution in [3.8, 4) is 0 Å². The molecule has 16 atom stereocenters. The Morgan fingerprint density at radius 1 is 1.04 bits per heavy atom. The Morgan fingerprint density at radius 3 is 2.57 bits per heavy atom. The number of hydrogen-bond acceptors (Lipinski definition) is 8. The number of urea groups is 1. The Kier molecular flexibility index (Phi) is 9.23. The molecule has 276 valence electrons. The Labute approximate surface area is 292 Å². The van der Waals surface area contributed by atoms with E-state index in [2.05, 4.69) is 39.1 Å². The lowest BCUT2D eigenvalue weighted by Gasteiger charge is -2.58. The van der Waals surface area contributed by atoms with Gasteiger partial charge in [0, 0.05) is 25.4 Å². The first-order valence-electron chi connectivity index (χ1n) is 19.8. The van der Waals surface area contributed by atoms with Crippen molar-refractivity contribution in [3.05, 3.63) is 11.6 Å². The van der Waals surface area contributed by atoms with Crippen molar-refractivity contribution >= 4 is 6.03 Å². The summed E-state index contributed by atoms with van der Waals surface area (Å²) in [5, 5.41) is 34.7. The van der Waals surface area contributed by atoms with Crippen molar-refractivity contribution in [2.24, 2.45) is 46.3 Å². The number of amides is 2. The number of aliphatic hydroxyl groups excluding tert-OH is 3. The van der Waals surface area contributed by atoms with Crippen molar-refractivity contribution in [2.75, 3.05) is 26.3 Å². The van der Waals surface area contributed by atoms with Gasteiger partial charge < -0.3 is 44.5 Å². The van der Waals surface area contributed by atoms with E-state index in [0.717, 1.165) is 64.4 Å². The molecule has 0 bridgehead atoms. The topological polar surface area (TPSA) is 130 Å². The molecule has 8 aliphatic rings. The van der Waals surface area contributed by atoms with Crippen LogP contribution in [0.4, 0.5) is 4.79 Å². The third-order valence-corrected chi connectivity index (χ3v) is 15.5.